The molecule has 180 valence electrons. The van der Waals surface area contributed by atoms with E-state index in [0.717, 1.165) is 28.1 Å². The number of amides is 3. The molecular formula is C26H28N6O3. The summed E-state index contributed by atoms with van der Waals surface area (Å²) in [5, 5.41) is 7.03. The molecule has 0 radical (unpaired) electrons. The van der Waals surface area contributed by atoms with Crippen molar-refractivity contribution in [1.82, 2.24) is 29.5 Å². The fourth-order valence-corrected chi connectivity index (χ4v) is 5.71. The van der Waals surface area contributed by atoms with Crippen molar-refractivity contribution < 1.29 is 14.4 Å². The average molecular weight is 473 g/mol. The first-order chi connectivity index (χ1) is 17.0. The molecule has 9 nitrogen and oxygen atoms in total. The van der Waals surface area contributed by atoms with E-state index >= 15 is 0 Å². The molecule has 35 heavy (non-hydrogen) atoms. The van der Waals surface area contributed by atoms with Crippen molar-refractivity contribution in [2.75, 3.05) is 0 Å². The van der Waals surface area contributed by atoms with Crippen molar-refractivity contribution in [1.29, 1.82) is 0 Å². The Bertz CT molecular complexity index is 1330. The lowest BCUT2D eigenvalue weighted by molar-refractivity contribution is -0.136. The second-order valence-corrected chi connectivity index (χ2v) is 9.83. The molecular weight excluding hydrogens is 444 g/mol. The van der Waals surface area contributed by atoms with Gasteiger partial charge in [-0.3, -0.25) is 24.4 Å². The highest BCUT2D eigenvalue weighted by atomic mass is 16.2. The van der Waals surface area contributed by atoms with E-state index < -0.39 is 11.9 Å². The van der Waals surface area contributed by atoms with Crippen molar-refractivity contribution in [3.05, 3.63) is 48.0 Å². The van der Waals surface area contributed by atoms with Gasteiger partial charge in [0.15, 0.2) is 0 Å². The van der Waals surface area contributed by atoms with Crippen molar-refractivity contribution in [2.45, 2.75) is 63.6 Å². The van der Waals surface area contributed by atoms with Crippen molar-refractivity contribution in [2.24, 2.45) is 7.05 Å². The van der Waals surface area contributed by atoms with Gasteiger partial charge < -0.3 is 9.47 Å². The zero-order valence-electron chi connectivity index (χ0n) is 19.7. The number of nitrogens with zero attached hydrogens (tertiary/aromatic N) is 5. The molecule has 1 saturated carbocycles. The van der Waals surface area contributed by atoms with E-state index in [4.69, 9.17) is 0 Å². The van der Waals surface area contributed by atoms with Crippen LogP contribution in [0.2, 0.25) is 0 Å². The summed E-state index contributed by atoms with van der Waals surface area (Å²) in [6.07, 6.45) is 12.6. The molecule has 1 atom stereocenters. The Balaban J connectivity index is 1.29. The topological polar surface area (TPSA) is 102 Å². The van der Waals surface area contributed by atoms with Gasteiger partial charge in [0.05, 0.1) is 30.0 Å². The first kappa shape index (κ1) is 21.8. The van der Waals surface area contributed by atoms with Gasteiger partial charge >= 0.3 is 0 Å². The molecule has 3 aromatic rings. The van der Waals surface area contributed by atoms with Crippen molar-refractivity contribution >= 4 is 17.7 Å². The molecule has 1 aliphatic carbocycles. The number of hydrogen-bond donors (Lipinski definition) is 1. The third-order valence-electron chi connectivity index (χ3n) is 7.56. The van der Waals surface area contributed by atoms with E-state index in [1.807, 2.05) is 36.0 Å². The summed E-state index contributed by atoms with van der Waals surface area (Å²) in [5.74, 6) is -0.854. The van der Waals surface area contributed by atoms with Gasteiger partial charge in [0.1, 0.15) is 6.04 Å². The van der Waals surface area contributed by atoms with Crippen LogP contribution < -0.4 is 5.32 Å². The Labute approximate surface area is 203 Å². The van der Waals surface area contributed by atoms with E-state index in [2.05, 4.69) is 26.3 Å². The predicted molar refractivity (Wildman–Crippen MR) is 128 cm³/mol. The molecule has 1 N–H and O–H groups in total. The van der Waals surface area contributed by atoms with Crippen LogP contribution in [0.25, 0.3) is 22.5 Å². The van der Waals surface area contributed by atoms with E-state index in [1.54, 1.807) is 11.2 Å². The van der Waals surface area contributed by atoms with Crippen LogP contribution in [0.15, 0.2) is 36.9 Å². The van der Waals surface area contributed by atoms with Crippen LogP contribution in [-0.4, -0.2) is 48.0 Å². The number of nitrogens with one attached hydrogen (secondary N) is 1. The number of carbonyl (C=O) groups excluding carboxylic acids is 3. The van der Waals surface area contributed by atoms with Crippen molar-refractivity contribution in [3.63, 3.8) is 0 Å². The third kappa shape index (κ3) is 3.75. The van der Waals surface area contributed by atoms with Gasteiger partial charge in [0.2, 0.25) is 11.8 Å². The quantitative estimate of drug-likeness (QED) is 0.588. The molecule has 2 fully saturated rings. The van der Waals surface area contributed by atoms with Crippen LogP contribution in [0.5, 0.6) is 0 Å². The number of carbonyl (C=O) groups is 3. The number of hydrogen-bond acceptors (Lipinski definition) is 5. The summed E-state index contributed by atoms with van der Waals surface area (Å²) < 4.78 is 4.11. The van der Waals surface area contributed by atoms with E-state index in [0.29, 0.717) is 24.6 Å². The molecule has 2 aromatic heterocycles. The van der Waals surface area contributed by atoms with E-state index in [9.17, 15) is 14.4 Å². The number of fused-ring (bicyclic) bond motifs is 1. The Morgan fingerprint density at radius 2 is 1.86 bits per heavy atom. The first-order valence-corrected chi connectivity index (χ1v) is 12.3. The molecule has 1 aromatic carbocycles. The third-order valence-corrected chi connectivity index (χ3v) is 7.56. The monoisotopic (exact) mass is 472 g/mol. The van der Waals surface area contributed by atoms with Crippen LogP contribution in [0.1, 0.15) is 66.9 Å². The predicted octanol–water partition coefficient (Wildman–Crippen LogP) is 3.22. The smallest absolute Gasteiger partial charge is 0.255 e. The molecule has 3 aliphatic rings. The zero-order valence-corrected chi connectivity index (χ0v) is 19.7. The summed E-state index contributed by atoms with van der Waals surface area (Å²) >= 11 is 0. The molecule has 3 amide bonds. The highest BCUT2D eigenvalue weighted by Crippen LogP contribution is 2.36. The maximum absolute atomic E-state index is 13.0. The van der Waals surface area contributed by atoms with Crippen LogP contribution in [-0.2, 0) is 23.2 Å². The van der Waals surface area contributed by atoms with Crippen LogP contribution in [0.4, 0.5) is 0 Å². The molecule has 9 heteroatoms. The Morgan fingerprint density at radius 1 is 1.03 bits per heavy atom. The number of aromatic nitrogens is 4. The highest BCUT2D eigenvalue weighted by molar-refractivity contribution is 6.05. The molecule has 1 unspecified atom stereocenters. The lowest BCUT2D eigenvalue weighted by Crippen LogP contribution is -2.52. The Kier molecular flexibility index (Phi) is 5.27. The lowest BCUT2D eigenvalue weighted by atomic mass is 9.96. The molecule has 0 bridgehead atoms. The summed E-state index contributed by atoms with van der Waals surface area (Å²) in [6.45, 7) is 0.343. The lowest BCUT2D eigenvalue weighted by Gasteiger charge is -2.29. The first-order valence-electron chi connectivity index (χ1n) is 12.3. The second kappa shape index (κ2) is 8.48. The number of rotatable bonds is 4. The normalized spacial score (nSPS) is 20.9. The van der Waals surface area contributed by atoms with Gasteiger partial charge in [0.25, 0.3) is 5.91 Å². The maximum atomic E-state index is 13.0. The standard InChI is InChI=1S/C26H28N6O3/c1-30-15-27-23(24(30)18-12-28-32(14-18)19-5-3-2-4-6-19)16-7-8-20-17(11-16)13-31(26(20)35)21-9-10-22(33)29-25(21)34/h7-8,11-12,14-15,19,21H,2-6,9-10,13H2,1H3,(H,29,33,34). The molecule has 2 aliphatic heterocycles. The van der Waals surface area contributed by atoms with Gasteiger partial charge in [-0.25, -0.2) is 4.98 Å². The fraction of sp³-hybridized carbons (Fsp3) is 0.423. The second-order valence-electron chi connectivity index (χ2n) is 9.83. The number of benzene rings is 1. The van der Waals surface area contributed by atoms with Gasteiger partial charge in [-0.1, -0.05) is 25.3 Å². The minimum atomic E-state index is -0.618. The van der Waals surface area contributed by atoms with Crippen LogP contribution >= 0.6 is 0 Å². The van der Waals surface area contributed by atoms with Gasteiger partial charge in [-0.2, -0.15) is 5.10 Å². The molecule has 6 rings (SSSR count). The molecule has 1 saturated heterocycles. The SMILES string of the molecule is Cn1cnc(-c2ccc3c(c2)CN(C2CCC(=O)NC2=O)C3=O)c1-c1cnn(C2CCCCC2)c1. The summed E-state index contributed by atoms with van der Waals surface area (Å²) in [6, 6.07) is 5.58. The zero-order chi connectivity index (χ0) is 24.1. The summed E-state index contributed by atoms with van der Waals surface area (Å²) in [4.78, 5) is 43.2. The number of aryl methyl sites for hydroxylation is 1. The minimum Gasteiger partial charge on any atom is -0.333 e. The van der Waals surface area contributed by atoms with Gasteiger partial charge in [-0.15, -0.1) is 0 Å². The Hall–Kier alpha value is -3.75. The van der Waals surface area contributed by atoms with Crippen LogP contribution in [0.3, 0.4) is 0 Å². The summed E-state index contributed by atoms with van der Waals surface area (Å²) in [7, 11) is 1.98. The number of piperidine rings is 1. The largest absolute Gasteiger partial charge is 0.333 e. The van der Waals surface area contributed by atoms with Crippen molar-refractivity contribution in [3.8, 4) is 22.5 Å². The summed E-state index contributed by atoms with van der Waals surface area (Å²) in [5.41, 5.74) is 5.23. The number of imidazole rings is 1. The highest BCUT2D eigenvalue weighted by Gasteiger charge is 2.39. The number of imide groups is 1. The van der Waals surface area contributed by atoms with Crippen LogP contribution in [0, 0.1) is 0 Å². The van der Waals surface area contributed by atoms with Gasteiger partial charge in [-0.05, 0) is 37.0 Å². The van der Waals surface area contributed by atoms with E-state index in [1.165, 1.54) is 32.1 Å². The van der Waals surface area contributed by atoms with Gasteiger partial charge in [0, 0.05) is 42.9 Å². The fourth-order valence-electron chi connectivity index (χ4n) is 5.71. The van der Waals surface area contributed by atoms with E-state index in [-0.39, 0.29) is 18.2 Å². The maximum Gasteiger partial charge on any atom is 0.255 e. The Morgan fingerprint density at radius 3 is 2.66 bits per heavy atom. The molecule has 4 heterocycles. The average Bonchev–Trinajstić information content (AvgIpc) is 3.57. The molecule has 0 spiro atoms. The minimum absolute atomic E-state index is 0.170.